The summed E-state index contributed by atoms with van der Waals surface area (Å²) in [6.07, 6.45) is 1.80. The molecule has 3 aromatic rings. The Morgan fingerprint density at radius 2 is 1.56 bits per heavy atom. The largest absolute Gasteiger partial charge is 0.370 e. The van der Waals surface area contributed by atoms with Crippen LogP contribution < -0.4 is 16.2 Å². The molecule has 6 nitrogen and oxygen atoms in total. The van der Waals surface area contributed by atoms with Crippen LogP contribution in [-0.4, -0.2) is 41.6 Å². The summed E-state index contributed by atoms with van der Waals surface area (Å²) in [4.78, 5) is 20.9. The Kier molecular flexibility index (Phi) is 8.58. The number of benzene rings is 2. The molecular weight excluding hydrogens is 537 g/mol. The molecule has 8 heteroatoms. The number of pyridine rings is 1. The van der Waals surface area contributed by atoms with E-state index in [-0.39, 0.29) is 29.5 Å². The summed E-state index contributed by atoms with van der Waals surface area (Å²) in [5, 5.41) is 0.751. The van der Waals surface area contributed by atoms with Crippen LogP contribution in [0, 0.1) is 0 Å². The van der Waals surface area contributed by atoms with Gasteiger partial charge in [0.05, 0.1) is 13.1 Å². The van der Waals surface area contributed by atoms with E-state index < -0.39 is 0 Å². The van der Waals surface area contributed by atoms with Crippen LogP contribution in [-0.2, 0) is 13.1 Å². The number of hydrogen-bond acceptors (Lipinski definition) is 3. The zero-order valence-electron chi connectivity index (χ0n) is 17.7. The van der Waals surface area contributed by atoms with Gasteiger partial charge in [-0.25, -0.2) is 4.99 Å². The van der Waals surface area contributed by atoms with E-state index in [1.807, 2.05) is 54.6 Å². The number of guanidine groups is 1. The minimum atomic E-state index is 0. The molecule has 0 bridgehead atoms. The molecule has 168 valence electrons. The Labute approximate surface area is 210 Å². The van der Waals surface area contributed by atoms with E-state index in [1.54, 1.807) is 22.9 Å². The van der Waals surface area contributed by atoms with E-state index >= 15 is 0 Å². The van der Waals surface area contributed by atoms with Crippen molar-refractivity contribution in [2.24, 2.45) is 10.7 Å². The van der Waals surface area contributed by atoms with E-state index in [0.717, 1.165) is 42.3 Å². The number of halogens is 2. The first-order chi connectivity index (χ1) is 15.1. The summed E-state index contributed by atoms with van der Waals surface area (Å²) in [5.41, 5.74) is 9.60. The maximum absolute atomic E-state index is 11.9. The highest BCUT2D eigenvalue weighted by molar-refractivity contribution is 14.0. The average molecular weight is 564 g/mol. The Morgan fingerprint density at radius 3 is 2.22 bits per heavy atom. The van der Waals surface area contributed by atoms with Crippen LogP contribution in [0.1, 0.15) is 11.1 Å². The number of anilines is 1. The highest BCUT2D eigenvalue weighted by Gasteiger charge is 2.18. The Morgan fingerprint density at radius 1 is 0.906 bits per heavy atom. The lowest BCUT2D eigenvalue weighted by atomic mass is 10.1. The first kappa shape index (κ1) is 24.1. The molecule has 1 aliphatic heterocycles. The van der Waals surface area contributed by atoms with Crippen molar-refractivity contribution in [1.29, 1.82) is 0 Å². The predicted octanol–water partition coefficient (Wildman–Crippen LogP) is 3.80. The number of nitrogens with two attached hydrogens (primary N) is 1. The molecule has 0 amide bonds. The maximum atomic E-state index is 11.9. The second-order valence-electron chi connectivity index (χ2n) is 7.61. The Balaban J connectivity index is 0.00000289. The monoisotopic (exact) mass is 563 g/mol. The van der Waals surface area contributed by atoms with Crippen LogP contribution in [0.3, 0.4) is 0 Å². The molecule has 1 fully saturated rings. The summed E-state index contributed by atoms with van der Waals surface area (Å²) in [5.74, 6) is 0.579. The third-order valence-electron chi connectivity index (χ3n) is 5.49. The molecule has 2 heterocycles. The molecule has 0 saturated carbocycles. The zero-order chi connectivity index (χ0) is 21.6. The lowest BCUT2D eigenvalue weighted by Crippen LogP contribution is -2.51. The van der Waals surface area contributed by atoms with Crippen molar-refractivity contribution in [2.45, 2.75) is 13.1 Å². The number of aliphatic imine (C=N–C) groups is 1. The molecule has 1 aliphatic rings. The van der Waals surface area contributed by atoms with Gasteiger partial charge in [0.2, 0.25) is 0 Å². The topological polar surface area (TPSA) is 66.9 Å². The lowest BCUT2D eigenvalue weighted by molar-refractivity contribution is 0.380. The van der Waals surface area contributed by atoms with Crippen LogP contribution in [0.2, 0.25) is 5.02 Å². The van der Waals surface area contributed by atoms with Crippen LogP contribution in [0.5, 0.6) is 0 Å². The smallest absolute Gasteiger partial charge is 0.250 e. The maximum Gasteiger partial charge on any atom is 0.250 e. The fourth-order valence-corrected chi connectivity index (χ4v) is 3.78. The summed E-state index contributed by atoms with van der Waals surface area (Å²) in [7, 11) is 0. The SMILES string of the molecule is I.NC(=NCc1ccc(Cn2ccccc2=O)cc1)N1CCN(c2ccc(Cl)cc2)CC1. The van der Waals surface area contributed by atoms with Crippen molar-refractivity contribution >= 4 is 47.2 Å². The summed E-state index contributed by atoms with van der Waals surface area (Å²) >= 11 is 5.98. The molecule has 2 aromatic carbocycles. The minimum Gasteiger partial charge on any atom is -0.370 e. The molecule has 1 aromatic heterocycles. The summed E-state index contributed by atoms with van der Waals surface area (Å²) in [6, 6.07) is 21.3. The van der Waals surface area contributed by atoms with Gasteiger partial charge in [-0.3, -0.25) is 4.79 Å². The molecule has 0 radical (unpaired) electrons. The van der Waals surface area contributed by atoms with Gasteiger partial charge in [-0.1, -0.05) is 41.9 Å². The lowest BCUT2D eigenvalue weighted by Gasteiger charge is -2.36. The molecule has 32 heavy (non-hydrogen) atoms. The van der Waals surface area contributed by atoms with E-state index in [2.05, 4.69) is 14.8 Å². The molecule has 0 unspecified atom stereocenters. The molecule has 0 atom stereocenters. The number of nitrogens with zero attached hydrogens (tertiary/aromatic N) is 4. The third-order valence-corrected chi connectivity index (χ3v) is 5.75. The predicted molar refractivity (Wildman–Crippen MR) is 142 cm³/mol. The second-order valence-corrected chi connectivity index (χ2v) is 8.04. The highest BCUT2D eigenvalue weighted by atomic mass is 127. The molecule has 2 N–H and O–H groups in total. The van der Waals surface area contributed by atoms with Gasteiger partial charge in [-0.05, 0) is 41.5 Å². The van der Waals surface area contributed by atoms with Crippen LogP contribution in [0.4, 0.5) is 5.69 Å². The van der Waals surface area contributed by atoms with Gasteiger partial charge >= 0.3 is 0 Å². The Bertz CT molecular complexity index is 1090. The van der Waals surface area contributed by atoms with Gasteiger partial charge in [0, 0.05) is 49.2 Å². The fourth-order valence-electron chi connectivity index (χ4n) is 3.66. The summed E-state index contributed by atoms with van der Waals surface area (Å²) in [6.45, 7) is 4.56. The van der Waals surface area contributed by atoms with Crippen molar-refractivity contribution in [3.8, 4) is 0 Å². The van der Waals surface area contributed by atoms with E-state index in [9.17, 15) is 4.79 Å². The highest BCUT2D eigenvalue weighted by Crippen LogP contribution is 2.19. The van der Waals surface area contributed by atoms with Gasteiger partial charge in [-0.15, -0.1) is 24.0 Å². The van der Waals surface area contributed by atoms with E-state index in [0.29, 0.717) is 19.0 Å². The standard InChI is InChI=1S/C24H26ClN5O.HI/c25-21-8-10-22(11-9-21)28-13-15-29(16-14-28)24(26)27-17-19-4-6-20(7-5-19)18-30-12-2-1-3-23(30)31;/h1-12H,13-18H2,(H2,26,27);1H. The Hall–Kier alpha value is -2.52. The molecule has 4 rings (SSSR count). The van der Waals surface area contributed by atoms with Crippen molar-refractivity contribution in [1.82, 2.24) is 9.47 Å². The van der Waals surface area contributed by atoms with Crippen LogP contribution >= 0.6 is 35.6 Å². The van der Waals surface area contributed by atoms with Gasteiger partial charge in [0.1, 0.15) is 0 Å². The van der Waals surface area contributed by atoms with Crippen molar-refractivity contribution < 1.29 is 0 Å². The molecule has 1 saturated heterocycles. The van der Waals surface area contributed by atoms with Crippen molar-refractivity contribution in [2.75, 3.05) is 31.1 Å². The first-order valence-electron chi connectivity index (χ1n) is 10.4. The second kappa shape index (κ2) is 11.4. The molecule has 0 spiro atoms. The number of piperazine rings is 1. The average Bonchev–Trinajstić information content (AvgIpc) is 2.80. The molecular formula is C24H27ClIN5O. The van der Waals surface area contributed by atoms with Crippen LogP contribution in [0.15, 0.2) is 82.7 Å². The third kappa shape index (κ3) is 6.26. The van der Waals surface area contributed by atoms with Crippen LogP contribution in [0.25, 0.3) is 0 Å². The van der Waals surface area contributed by atoms with Gasteiger partial charge < -0.3 is 20.1 Å². The normalized spacial score (nSPS) is 14.2. The van der Waals surface area contributed by atoms with E-state index in [4.69, 9.17) is 17.3 Å². The number of aromatic nitrogens is 1. The quantitative estimate of drug-likeness (QED) is 0.291. The van der Waals surface area contributed by atoms with Gasteiger partial charge in [0.25, 0.3) is 5.56 Å². The van der Waals surface area contributed by atoms with Gasteiger partial charge in [0.15, 0.2) is 5.96 Å². The fraction of sp³-hybridized carbons (Fsp3) is 0.250. The summed E-state index contributed by atoms with van der Waals surface area (Å²) < 4.78 is 1.69. The van der Waals surface area contributed by atoms with Crippen molar-refractivity contribution in [3.05, 3.63) is 99.4 Å². The zero-order valence-corrected chi connectivity index (χ0v) is 20.8. The number of rotatable bonds is 5. The number of hydrogen-bond donors (Lipinski definition) is 1. The minimum absolute atomic E-state index is 0. The first-order valence-corrected chi connectivity index (χ1v) is 10.7. The van der Waals surface area contributed by atoms with E-state index in [1.165, 1.54) is 5.69 Å². The van der Waals surface area contributed by atoms with Crippen molar-refractivity contribution in [3.63, 3.8) is 0 Å². The van der Waals surface area contributed by atoms with Gasteiger partial charge in [-0.2, -0.15) is 0 Å². The molecule has 0 aliphatic carbocycles.